The second kappa shape index (κ2) is 10.3. The maximum Gasteiger partial charge on any atom is 0.338 e. The van der Waals surface area contributed by atoms with Crippen molar-refractivity contribution in [1.82, 2.24) is 4.90 Å². The van der Waals surface area contributed by atoms with E-state index in [1.807, 2.05) is 6.92 Å². The molecule has 6 aliphatic rings. The standard InChI is InChI=1S/C32H44ClNO10/c1-6-34-13-29(14-40-2)18(35)11-19(41-3)31-17-12-30(38)26(44-28(37)15-7-9-16(33)10-8-15)20(17)32(39,25(36)27(30)43-5)21(24(31)34)22(42-4)23(29)31/h7-10,17-27,35-36,38-39H,6,11-14H2,1-5H3/t17?,18-,19+,20?,21+,22+,23?,24?,25+,26-,27+,29+,30-,31+,32-/m1/s1. The highest BCUT2D eigenvalue weighted by Gasteiger charge is 2.91. The minimum absolute atomic E-state index is 0.0842. The molecule has 244 valence electrons. The van der Waals surface area contributed by atoms with E-state index >= 15 is 0 Å². The van der Waals surface area contributed by atoms with Gasteiger partial charge in [-0.3, -0.25) is 4.90 Å². The molecule has 0 radical (unpaired) electrons. The number of piperidine rings is 1. The molecular weight excluding hydrogens is 594 g/mol. The highest BCUT2D eigenvalue weighted by Crippen LogP contribution is 2.80. The van der Waals surface area contributed by atoms with Gasteiger partial charge < -0.3 is 44.1 Å². The number of esters is 1. The Morgan fingerprint density at radius 1 is 1.02 bits per heavy atom. The Kier molecular flexibility index (Phi) is 7.32. The summed E-state index contributed by atoms with van der Waals surface area (Å²) in [6, 6.07) is 5.94. The van der Waals surface area contributed by atoms with Crippen molar-refractivity contribution in [3.8, 4) is 0 Å². The molecule has 1 saturated heterocycles. The number of ether oxygens (including phenoxy) is 5. The zero-order valence-corrected chi connectivity index (χ0v) is 26.5. The molecule has 4 unspecified atom stereocenters. The van der Waals surface area contributed by atoms with Crippen molar-refractivity contribution in [3.63, 3.8) is 0 Å². The smallest absolute Gasteiger partial charge is 0.338 e. The molecule has 44 heavy (non-hydrogen) atoms. The Bertz CT molecular complexity index is 1300. The lowest BCUT2D eigenvalue weighted by Gasteiger charge is -2.70. The Balaban J connectivity index is 1.47. The number of aliphatic hydroxyl groups excluding tert-OH is 2. The summed E-state index contributed by atoms with van der Waals surface area (Å²) in [7, 11) is 6.25. The first kappa shape index (κ1) is 31.2. The van der Waals surface area contributed by atoms with Gasteiger partial charge in [-0.25, -0.2) is 4.79 Å². The predicted octanol–water partition coefficient (Wildman–Crippen LogP) is 0.731. The summed E-state index contributed by atoms with van der Waals surface area (Å²) in [4.78, 5) is 15.9. The minimum Gasteiger partial charge on any atom is -0.455 e. The summed E-state index contributed by atoms with van der Waals surface area (Å²) in [5, 5.41) is 50.2. The molecule has 0 aromatic heterocycles. The number of rotatable bonds is 8. The van der Waals surface area contributed by atoms with Crippen LogP contribution in [-0.4, -0.2) is 133 Å². The SMILES string of the molecule is CCN1C[C@@]2(COC)C3[C@@H](OC)[C@H]4C1[C@@]3(C1C[C@@]3(O)[C@H](OC(=O)c5ccc(Cl)cc5)C1[C@]4(O)[C@@H](O)[C@@H]3OC)[C@@H](OC)C[C@H]2O. The van der Waals surface area contributed by atoms with Crippen LogP contribution in [0.1, 0.15) is 30.1 Å². The third-order valence-corrected chi connectivity index (χ3v) is 13.2. The average Bonchev–Trinajstić information content (AvgIpc) is 3.39. The van der Waals surface area contributed by atoms with Gasteiger partial charge in [0.2, 0.25) is 0 Å². The van der Waals surface area contributed by atoms with Crippen molar-refractivity contribution in [1.29, 1.82) is 0 Å². The number of benzene rings is 1. The summed E-state index contributed by atoms with van der Waals surface area (Å²) in [5.74, 6) is -3.09. The van der Waals surface area contributed by atoms with Crippen LogP contribution in [0.5, 0.6) is 0 Å². The quantitative estimate of drug-likeness (QED) is 0.299. The molecule has 1 aromatic carbocycles. The Hall–Kier alpha value is -1.38. The molecule has 6 fully saturated rings. The van der Waals surface area contributed by atoms with E-state index in [-0.39, 0.29) is 30.6 Å². The summed E-state index contributed by atoms with van der Waals surface area (Å²) in [5.41, 5.74) is -4.98. The first-order valence-corrected chi connectivity index (χ1v) is 15.9. The van der Waals surface area contributed by atoms with Crippen molar-refractivity contribution in [2.75, 3.05) is 48.1 Å². The van der Waals surface area contributed by atoms with Gasteiger partial charge in [-0.1, -0.05) is 18.5 Å². The molecule has 4 N–H and O–H groups in total. The van der Waals surface area contributed by atoms with Gasteiger partial charge in [0, 0.05) is 81.1 Å². The van der Waals surface area contributed by atoms with Crippen molar-refractivity contribution >= 4 is 17.6 Å². The largest absolute Gasteiger partial charge is 0.455 e. The van der Waals surface area contributed by atoms with Gasteiger partial charge >= 0.3 is 5.97 Å². The van der Waals surface area contributed by atoms with Crippen LogP contribution in [0.25, 0.3) is 0 Å². The maximum absolute atomic E-state index is 13.6. The monoisotopic (exact) mass is 637 g/mol. The van der Waals surface area contributed by atoms with Crippen LogP contribution in [0, 0.1) is 34.5 Å². The van der Waals surface area contributed by atoms with E-state index in [4.69, 9.17) is 35.3 Å². The number of aliphatic hydroxyl groups is 4. The second-order valence-corrected chi connectivity index (χ2v) is 14.4. The molecule has 7 bridgehead atoms. The van der Waals surface area contributed by atoms with Crippen LogP contribution >= 0.6 is 11.6 Å². The third kappa shape index (κ3) is 3.42. The lowest BCUT2D eigenvalue weighted by atomic mass is 9.42. The highest BCUT2D eigenvalue weighted by molar-refractivity contribution is 6.30. The van der Waals surface area contributed by atoms with Gasteiger partial charge in [-0.05, 0) is 43.1 Å². The number of fused-ring (bicyclic) bond motifs is 2. The molecule has 1 spiro atoms. The molecule has 1 heterocycles. The fraction of sp³-hybridized carbons (Fsp3) is 0.781. The van der Waals surface area contributed by atoms with E-state index in [9.17, 15) is 25.2 Å². The lowest BCUT2D eigenvalue weighted by molar-refractivity contribution is -0.320. The number of methoxy groups -OCH3 is 4. The van der Waals surface area contributed by atoms with E-state index in [0.717, 1.165) is 0 Å². The first-order valence-electron chi connectivity index (χ1n) is 15.6. The number of hydrogen-bond acceptors (Lipinski definition) is 11. The average molecular weight is 638 g/mol. The first-order chi connectivity index (χ1) is 21.0. The number of carbonyl (C=O) groups excluding carboxylic acids is 1. The molecule has 15 atom stereocenters. The third-order valence-electron chi connectivity index (χ3n) is 12.9. The number of hydrogen-bond donors (Lipinski definition) is 4. The van der Waals surface area contributed by atoms with E-state index < -0.39 is 82.4 Å². The number of carbonyl (C=O) groups is 1. The van der Waals surface area contributed by atoms with Crippen LogP contribution in [-0.2, 0) is 23.7 Å². The van der Waals surface area contributed by atoms with Gasteiger partial charge in [0.1, 0.15) is 29.5 Å². The van der Waals surface area contributed by atoms with Gasteiger partial charge in [-0.2, -0.15) is 0 Å². The number of nitrogens with zero attached hydrogens (tertiary/aromatic N) is 1. The zero-order chi connectivity index (χ0) is 31.6. The van der Waals surface area contributed by atoms with Crippen molar-refractivity contribution in [3.05, 3.63) is 34.9 Å². The highest BCUT2D eigenvalue weighted by atomic mass is 35.5. The van der Waals surface area contributed by atoms with Crippen LogP contribution in [0.4, 0.5) is 0 Å². The maximum atomic E-state index is 13.6. The Morgan fingerprint density at radius 3 is 2.32 bits per heavy atom. The molecule has 1 aliphatic heterocycles. The fourth-order valence-electron chi connectivity index (χ4n) is 11.9. The molecule has 7 rings (SSSR count). The summed E-state index contributed by atoms with van der Waals surface area (Å²) >= 11 is 6.06. The van der Waals surface area contributed by atoms with Gasteiger partial charge in [0.25, 0.3) is 0 Å². The van der Waals surface area contributed by atoms with E-state index in [1.54, 1.807) is 45.6 Å². The Morgan fingerprint density at radius 2 is 1.73 bits per heavy atom. The van der Waals surface area contributed by atoms with Crippen LogP contribution in [0.15, 0.2) is 24.3 Å². The molecule has 0 amide bonds. The summed E-state index contributed by atoms with van der Waals surface area (Å²) in [6.07, 6.45) is -5.43. The topological polar surface area (TPSA) is 147 Å². The molecule has 5 aliphatic carbocycles. The van der Waals surface area contributed by atoms with E-state index in [2.05, 4.69) is 4.90 Å². The van der Waals surface area contributed by atoms with Crippen LogP contribution in [0.3, 0.4) is 0 Å². The van der Waals surface area contributed by atoms with Gasteiger partial charge in [0.05, 0.1) is 30.5 Å². The molecule has 5 saturated carbocycles. The summed E-state index contributed by atoms with van der Waals surface area (Å²) in [6.45, 7) is 3.42. The predicted molar refractivity (Wildman–Crippen MR) is 156 cm³/mol. The lowest BCUT2D eigenvalue weighted by Crippen LogP contribution is -2.81. The van der Waals surface area contributed by atoms with Gasteiger partial charge in [-0.15, -0.1) is 0 Å². The second-order valence-electron chi connectivity index (χ2n) is 14.0. The van der Waals surface area contributed by atoms with Crippen molar-refractivity contribution < 1.29 is 48.9 Å². The molecular formula is C32H44ClNO10. The van der Waals surface area contributed by atoms with Crippen molar-refractivity contribution in [2.45, 2.75) is 73.6 Å². The van der Waals surface area contributed by atoms with E-state index in [1.165, 1.54) is 7.11 Å². The minimum atomic E-state index is -1.88. The van der Waals surface area contributed by atoms with Gasteiger partial charge in [0.15, 0.2) is 0 Å². The Labute approximate surface area is 262 Å². The van der Waals surface area contributed by atoms with Crippen molar-refractivity contribution in [2.24, 2.45) is 34.5 Å². The summed E-state index contributed by atoms with van der Waals surface area (Å²) < 4.78 is 30.5. The molecule has 11 nitrogen and oxygen atoms in total. The van der Waals surface area contributed by atoms with Crippen LogP contribution in [0.2, 0.25) is 5.02 Å². The molecule has 12 heteroatoms. The van der Waals surface area contributed by atoms with Crippen LogP contribution < -0.4 is 0 Å². The van der Waals surface area contributed by atoms with E-state index in [0.29, 0.717) is 24.5 Å². The fourth-order valence-corrected chi connectivity index (χ4v) is 12.0. The number of likely N-dealkylation sites (tertiary alicyclic amines) is 1. The molecule has 1 aromatic rings. The zero-order valence-electron chi connectivity index (χ0n) is 25.8. The number of halogens is 1. The normalized spacial score (nSPS) is 51.8.